The van der Waals surface area contributed by atoms with Gasteiger partial charge in [-0.15, -0.1) is 0 Å². The molecule has 2 aromatic rings. The van der Waals surface area contributed by atoms with E-state index in [4.69, 9.17) is 19.3 Å². The fourth-order valence-electron chi connectivity index (χ4n) is 2.49. The maximum absolute atomic E-state index is 11.1. The molecule has 0 aliphatic heterocycles. The topological polar surface area (TPSA) is 77.0 Å². The number of carboxylic acid groups (broad SMARTS) is 1. The first-order chi connectivity index (χ1) is 13.1. The number of aliphatic carboxylic acids is 1. The minimum Gasteiger partial charge on any atom is -0.497 e. The lowest BCUT2D eigenvalue weighted by Gasteiger charge is -2.14. The highest BCUT2D eigenvalue weighted by Gasteiger charge is 2.16. The van der Waals surface area contributed by atoms with Crippen LogP contribution in [-0.4, -0.2) is 37.4 Å². The fraction of sp³-hybridized carbons (Fsp3) is 0.381. The number of benzene rings is 2. The monoisotopic (exact) mass is 373 g/mol. The van der Waals surface area contributed by atoms with Crippen molar-refractivity contribution >= 4 is 5.97 Å². The zero-order chi connectivity index (χ0) is 19.5. The maximum Gasteiger partial charge on any atom is 0.344 e. The summed E-state index contributed by atoms with van der Waals surface area (Å²) in [5.74, 6) is 1.26. The number of carboxylic acids is 1. The second-order valence-corrected chi connectivity index (χ2v) is 6.05. The van der Waals surface area contributed by atoms with E-state index in [0.717, 1.165) is 30.0 Å². The number of carbonyl (C=O) groups is 1. The van der Waals surface area contributed by atoms with Gasteiger partial charge in [-0.1, -0.05) is 19.1 Å². The van der Waals surface area contributed by atoms with Crippen LogP contribution in [0.4, 0.5) is 0 Å². The molecule has 0 aliphatic rings. The van der Waals surface area contributed by atoms with Gasteiger partial charge in [0.15, 0.2) is 6.10 Å². The Morgan fingerprint density at radius 1 is 1.11 bits per heavy atom. The molecular formula is C21H27NO5. The number of methoxy groups -OCH3 is 1. The Kier molecular flexibility index (Phi) is 8.45. The highest BCUT2D eigenvalue weighted by atomic mass is 16.5. The number of nitrogens with one attached hydrogen (secondary N) is 1. The van der Waals surface area contributed by atoms with E-state index >= 15 is 0 Å². The van der Waals surface area contributed by atoms with Gasteiger partial charge in [0.2, 0.25) is 0 Å². The van der Waals surface area contributed by atoms with Crippen LogP contribution in [0.3, 0.4) is 0 Å². The first kappa shape index (κ1) is 20.6. The zero-order valence-corrected chi connectivity index (χ0v) is 15.8. The van der Waals surface area contributed by atoms with Crippen molar-refractivity contribution in [2.45, 2.75) is 32.4 Å². The summed E-state index contributed by atoms with van der Waals surface area (Å²) in [6, 6.07) is 15.0. The lowest BCUT2D eigenvalue weighted by molar-refractivity contribution is -0.145. The van der Waals surface area contributed by atoms with Crippen LogP contribution in [0.2, 0.25) is 0 Å². The van der Waals surface area contributed by atoms with Crippen molar-refractivity contribution in [3.05, 3.63) is 54.1 Å². The summed E-state index contributed by atoms with van der Waals surface area (Å²) >= 11 is 0. The Hall–Kier alpha value is -2.73. The molecule has 2 rings (SSSR count). The van der Waals surface area contributed by atoms with E-state index in [-0.39, 0.29) is 0 Å². The van der Waals surface area contributed by atoms with Crippen molar-refractivity contribution in [1.29, 1.82) is 0 Å². The molecule has 6 nitrogen and oxygen atoms in total. The SMILES string of the molecule is CCC(Oc1cccc(CNCCCOc2ccc(OC)cc2)c1)C(=O)O. The van der Waals surface area contributed by atoms with E-state index in [2.05, 4.69) is 5.32 Å². The number of hydrogen-bond acceptors (Lipinski definition) is 5. The van der Waals surface area contributed by atoms with Crippen molar-refractivity contribution in [3.63, 3.8) is 0 Å². The Balaban J connectivity index is 1.67. The Morgan fingerprint density at radius 3 is 2.52 bits per heavy atom. The molecule has 6 heteroatoms. The molecule has 0 amide bonds. The van der Waals surface area contributed by atoms with Crippen molar-refractivity contribution in [1.82, 2.24) is 5.32 Å². The molecular weight excluding hydrogens is 346 g/mol. The van der Waals surface area contributed by atoms with Crippen molar-refractivity contribution in [2.75, 3.05) is 20.3 Å². The smallest absolute Gasteiger partial charge is 0.344 e. The molecule has 0 saturated heterocycles. The van der Waals surface area contributed by atoms with Crippen LogP contribution in [0.5, 0.6) is 17.2 Å². The zero-order valence-electron chi connectivity index (χ0n) is 15.8. The van der Waals surface area contributed by atoms with E-state index < -0.39 is 12.1 Å². The first-order valence-corrected chi connectivity index (χ1v) is 9.08. The quantitative estimate of drug-likeness (QED) is 0.555. The van der Waals surface area contributed by atoms with E-state index in [1.54, 1.807) is 20.1 Å². The number of rotatable bonds is 12. The van der Waals surface area contributed by atoms with Gasteiger partial charge in [-0.25, -0.2) is 4.79 Å². The largest absolute Gasteiger partial charge is 0.497 e. The van der Waals surface area contributed by atoms with Crippen molar-refractivity contribution in [2.24, 2.45) is 0 Å². The molecule has 2 N–H and O–H groups in total. The minimum absolute atomic E-state index is 0.423. The second kappa shape index (κ2) is 11.1. The van der Waals surface area contributed by atoms with E-state index in [9.17, 15) is 4.79 Å². The van der Waals surface area contributed by atoms with Crippen LogP contribution in [-0.2, 0) is 11.3 Å². The molecule has 1 unspecified atom stereocenters. The van der Waals surface area contributed by atoms with E-state index in [0.29, 0.717) is 25.3 Å². The maximum atomic E-state index is 11.1. The van der Waals surface area contributed by atoms with Crippen molar-refractivity contribution < 1.29 is 24.1 Å². The summed E-state index contributed by atoms with van der Waals surface area (Å²) in [6.45, 7) is 3.91. The van der Waals surface area contributed by atoms with Crippen LogP contribution in [0, 0.1) is 0 Å². The average molecular weight is 373 g/mol. The summed E-state index contributed by atoms with van der Waals surface area (Å²) in [7, 11) is 1.64. The Morgan fingerprint density at radius 2 is 1.85 bits per heavy atom. The lowest BCUT2D eigenvalue weighted by atomic mass is 10.2. The lowest BCUT2D eigenvalue weighted by Crippen LogP contribution is -2.26. The van der Waals surface area contributed by atoms with Gasteiger partial charge in [0.1, 0.15) is 17.2 Å². The average Bonchev–Trinajstić information content (AvgIpc) is 2.69. The summed E-state index contributed by atoms with van der Waals surface area (Å²) in [5, 5.41) is 12.4. The van der Waals surface area contributed by atoms with Crippen LogP contribution < -0.4 is 19.5 Å². The molecule has 1 atom stereocenters. The highest BCUT2D eigenvalue weighted by molar-refractivity contribution is 5.72. The molecule has 0 heterocycles. The second-order valence-electron chi connectivity index (χ2n) is 6.05. The number of hydrogen-bond donors (Lipinski definition) is 2. The van der Waals surface area contributed by atoms with Gasteiger partial charge in [-0.2, -0.15) is 0 Å². The predicted octanol–water partition coefficient (Wildman–Crippen LogP) is 3.50. The molecule has 0 saturated carbocycles. The molecule has 0 fully saturated rings. The summed E-state index contributed by atoms with van der Waals surface area (Å²) in [5.41, 5.74) is 1.05. The van der Waals surface area contributed by atoms with Gasteiger partial charge in [-0.3, -0.25) is 0 Å². The molecule has 27 heavy (non-hydrogen) atoms. The third-order valence-corrected chi connectivity index (χ3v) is 3.98. The molecule has 0 spiro atoms. The Labute approximate surface area is 160 Å². The predicted molar refractivity (Wildman–Crippen MR) is 104 cm³/mol. The van der Waals surface area contributed by atoms with Crippen LogP contribution >= 0.6 is 0 Å². The summed E-state index contributed by atoms with van der Waals surface area (Å²) in [6.07, 6.45) is 0.480. The fourth-order valence-corrected chi connectivity index (χ4v) is 2.49. The van der Waals surface area contributed by atoms with Gasteiger partial charge in [0.25, 0.3) is 0 Å². The van der Waals surface area contributed by atoms with Gasteiger partial charge >= 0.3 is 5.97 Å². The third-order valence-electron chi connectivity index (χ3n) is 3.98. The molecule has 0 bridgehead atoms. The van der Waals surface area contributed by atoms with Gasteiger partial charge in [0, 0.05) is 6.54 Å². The van der Waals surface area contributed by atoms with E-state index in [1.807, 2.05) is 42.5 Å². The van der Waals surface area contributed by atoms with Crippen LogP contribution in [0.25, 0.3) is 0 Å². The van der Waals surface area contributed by atoms with Crippen molar-refractivity contribution in [3.8, 4) is 17.2 Å². The molecule has 0 aliphatic carbocycles. The van der Waals surface area contributed by atoms with Gasteiger partial charge < -0.3 is 24.6 Å². The van der Waals surface area contributed by atoms with Gasteiger partial charge in [-0.05, 0) is 61.3 Å². The molecule has 0 radical (unpaired) electrons. The molecule has 0 aromatic heterocycles. The normalized spacial score (nSPS) is 11.6. The molecule has 2 aromatic carbocycles. The third kappa shape index (κ3) is 7.19. The molecule has 146 valence electrons. The highest BCUT2D eigenvalue weighted by Crippen LogP contribution is 2.17. The van der Waals surface area contributed by atoms with E-state index in [1.165, 1.54) is 0 Å². The van der Waals surface area contributed by atoms with Gasteiger partial charge in [0.05, 0.1) is 13.7 Å². The number of ether oxygens (including phenoxy) is 3. The standard InChI is InChI=1S/C21H27NO5/c1-3-20(21(23)24)27-19-7-4-6-16(14-19)15-22-12-5-13-26-18-10-8-17(25-2)9-11-18/h4,6-11,14,20,22H,3,5,12-13,15H2,1-2H3,(H,23,24). The Bertz CT molecular complexity index is 702. The summed E-state index contributed by atoms with van der Waals surface area (Å²) < 4.78 is 16.3. The summed E-state index contributed by atoms with van der Waals surface area (Å²) in [4.78, 5) is 11.1. The van der Waals surface area contributed by atoms with Crippen LogP contribution in [0.1, 0.15) is 25.3 Å². The van der Waals surface area contributed by atoms with Crippen LogP contribution in [0.15, 0.2) is 48.5 Å². The minimum atomic E-state index is -0.946. The first-order valence-electron chi connectivity index (χ1n) is 9.08.